The van der Waals surface area contributed by atoms with E-state index in [2.05, 4.69) is 26.3 Å². The van der Waals surface area contributed by atoms with Crippen LogP contribution in [0.2, 0.25) is 0 Å². The van der Waals surface area contributed by atoms with Gasteiger partial charge in [-0.25, -0.2) is 9.97 Å². The van der Waals surface area contributed by atoms with Crippen LogP contribution in [0, 0.1) is 18.3 Å². The number of nitrogens with zero attached hydrogens (tertiary/aromatic N) is 5. The number of ether oxygens (including phenoxy) is 2. The van der Waals surface area contributed by atoms with E-state index in [9.17, 15) is 10.1 Å². The van der Waals surface area contributed by atoms with E-state index in [0.717, 1.165) is 30.8 Å². The monoisotopic (exact) mass is 486 g/mol. The molecule has 5 rings (SSSR count). The van der Waals surface area contributed by atoms with E-state index >= 15 is 0 Å². The van der Waals surface area contributed by atoms with Crippen molar-refractivity contribution in [2.45, 2.75) is 25.7 Å². The molecular weight excluding hydrogens is 464 g/mol. The number of hydrogen-bond acceptors (Lipinski definition) is 9. The number of fused-ring (bicyclic) bond motifs is 1. The van der Waals surface area contributed by atoms with Gasteiger partial charge in [0.2, 0.25) is 0 Å². The molecule has 4 aromatic rings. The SMILES string of the molecule is COc1ccc(C#N)cc1-c1cc(C)ncc1C(=O)Nc1nc2ncc(C3CCCOC3)nc2s1. The number of thiazole rings is 1. The van der Waals surface area contributed by atoms with Gasteiger partial charge in [-0.1, -0.05) is 11.3 Å². The van der Waals surface area contributed by atoms with Crippen molar-refractivity contribution in [1.29, 1.82) is 5.26 Å². The Labute approximate surface area is 205 Å². The maximum Gasteiger partial charge on any atom is 0.259 e. The number of hydrogen-bond donors (Lipinski definition) is 1. The molecule has 0 spiro atoms. The van der Waals surface area contributed by atoms with E-state index in [1.54, 1.807) is 37.6 Å². The number of methoxy groups -OCH3 is 1. The number of aromatic nitrogens is 4. The van der Waals surface area contributed by atoms with Crippen LogP contribution in [-0.4, -0.2) is 46.2 Å². The number of anilines is 1. The van der Waals surface area contributed by atoms with E-state index in [1.807, 2.05) is 6.92 Å². The normalized spacial score (nSPS) is 15.5. The van der Waals surface area contributed by atoms with Gasteiger partial charge in [-0.2, -0.15) is 10.2 Å². The average Bonchev–Trinajstić information content (AvgIpc) is 3.30. The van der Waals surface area contributed by atoms with Gasteiger partial charge >= 0.3 is 0 Å². The second kappa shape index (κ2) is 9.74. The Morgan fingerprint density at radius 2 is 2.11 bits per heavy atom. The van der Waals surface area contributed by atoms with Crippen LogP contribution in [0.25, 0.3) is 21.6 Å². The van der Waals surface area contributed by atoms with Gasteiger partial charge in [-0.3, -0.25) is 15.1 Å². The molecular formula is C25H22N6O3S. The molecule has 0 radical (unpaired) electrons. The molecule has 1 amide bonds. The Morgan fingerprint density at radius 3 is 2.89 bits per heavy atom. The van der Waals surface area contributed by atoms with E-state index < -0.39 is 0 Å². The van der Waals surface area contributed by atoms with E-state index in [4.69, 9.17) is 14.5 Å². The third kappa shape index (κ3) is 4.69. The van der Waals surface area contributed by atoms with Gasteiger partial charge in [0.1, 0.15) is 5.75 Å². The Morgan fingerprint density at radius 1 is 1.23 bits per heavy atom. The van der Waals surface area contributed by atoms with Crippen molar-refractivity contribution in [3.05, 3.63) is 59.2 Å². The second-order valence-corrected chi connectivity index (χ2v) is 9.19. The molecule has 35 heavy (non-hydrogen) atoms. The smallest absolute Gasteiger partial charge is 0.259 e. The van der Waals surface area contributed by atoms with Gasteiger partial charge in [0, 0.05) is 35.5 Å². The van der Waals surface area contributed by atoms with Crippen LogP contribution in [-0.2, 0) is 4.74 Å². The fourth-order valence-electron chi connectivity index (χ4n) is 4.07. The van der Waals surface area contributed by atoms with Gasteiger partial charge in [0.25, 0.3) is 5.91 Å². The minimum Gasteiger partial charge on any atom is -0.496 e. The quantitative estimate of drug-likeness (QED) is 0.438. The summed E-state index contributed by atoms with van der Waals surface area (Å²) in [4.78, 5) is 31.9. The minimum absolute atomic E-state index is 0.223. The van der Waals surface area contributed by atoms with Crippen molar-refractivity contribution in [2.24, 2.45) is 0 Å². The first kappa shape index (κ1) is 22.8. The number of nitriles is 1. The van der Waals surface area contributed by atoms with Crippen LogP contribution in [0.1, 0.15) is 46.1 Å². The highest BCUT2D eigenvalue weighted by atomic mass is 32.1. The van der Waals surface area contributed by atoms with Crippen molar-refractivity contribution in [3.8, 4) is 22.9 Å². The third-order valence-electron chi connectivity index (χ3n) is 5.84. The highest BCUT2D eigenvalue weighted by Crippen LogP contribution is 2.34. The molecule has 176 valence electrons. The maximum absolute atomic E-state index is 13.3. The molecule has 1 saturated heterocycles. The molecule has 4 heterocycles. The molecule has 3 aromatic heterocycles. The van der Waals surface area contributed by atoms with Crippen molar-refractivity contribution in [3.63, 3.8) is 0 Å². The summed E-state index contributed by atoms with van der Waals surface area (Å²) in [5, 5.41) is 12.6. The average molecular weight is 487 g/mol. The summed E-state index contributed by atoms with van der Waals surface area (Å²) in [6.07, 6.45) is 5.28. The number of carbonyl (C=O) groups excluding carboxylic acids is 1. The van der Waals surface area contributed by atoms with Gasteiger partial charge in [0.15, 0.2) is 15.6 Å². The molecule has 0 saturated carbocycles. The van der Waals surface area contributed by atoms with E-state index in [-0.39, 0.29) is 11.8 Å². The third-order valence-corrected chi connectivity index (χ3v) is 6.70. The van der Waals surface area contributed by atoms with Crippen LogP contribution < -0.4 is 10.1 Å². The zero-order valence-electron chi connectivity index (χ0n) is 19.2. The predicted molar refractivity (Wildman–Crippen MR) is 132 cm³/mol. The standard InChI is InChI=1S/C25H22N6O3S/c1-14-8-17(18-9-15(10-26)5-6-21(18)33-2)19(11-27-14)23(32)31-25-30-22-24(35-25)29-20(12-28-22)16-4-3-7-34-13-16/h5-6,8-9,11-12,16H,3-4,7,13H2,1-2H3,(H,28,30,31,32). The molecule has 0 aliphatic carbocycles. The summed E-state index contributed by atoms with van der Waals surface area (Å²) in [5.74, 6) is 0.397. The first-order chi connectivity index (χ1) is 17.1. The summed E-state index contributed by atoms with van der Waals surface area (Å²) in [6.45, 7) is 3.26. The molecule has 10 heteroatoms. The topological polar surface area (TPSA) is 123 Å². The minimum atomic E-state index is -0.378. The molecule has 9 nitrogen and oxygen atoms in total. The number of aryl methyl sites for hydroxylation is 1. The number of pyridine rings is 1. The van der Waals surface area contributed by atoms with Crippen LogP contribution in [0.3, 0.4) is 0 Å². The Hall–Kier alpha value is -3.94. The maximum atomic E-state index is 13.3. The number of amides is 1. The van der Waals surface area contributed by atoms with E-state index in [1.165, 1.54) is 17.5 Å². The summed E-state index contributed by atoms with van der Waals surface area (Å²) in [7, 11) is 1.55. The van der Waals surface area contributed by atoms with Crippen molar-refractivity contribution in [1.82, 2.24) is 19.9 Å². The van der Waals surface area contributed by atoms with Crippen molar-refractivity contribution >= 4 is 32.9 Å². The van der Waals surface area contributed by atoms with Crippen LogP contribution >= 0.6 is 11.3 Å². The molecule has 1 aromatic carbocycles. The number of rotatable bonds is 5. The number of nitrogens with one attached hydrogen (secondary N) is 1. The Bertz CT molecular complexity index is 1460. The lowest BCUT2D eigenvalue weighted by atomic mass is 9.97. The lowest BCUT2D eigenvalue weighted by Gasteiger charge is -2.20. The molecule has 1 fully saturated rings. The Kier molecular flexibility index (Phi) is 6.35. The summed E-state index contributed by atoms with van der Waals surface area (Å²) in [6, 6.07) is 9.02. The summed E-state index contributed by atoms with van der Waals surface area (Å²) >= 11 is 1.27. The Balaban J connectivity index is 1.46. The molecule has 1 aliphatic heterocycles. The fourth-order valence-corrected chi connectivity index (χ4v) is 4.87. The summed E-state index contributed by atoms with van der Waals surface area (Å²) in [5.41, 5.74) is 4.14. The van der Waals surface area contributed by atoms with Gasteiger partial charge in [0.05, 0.1) is 42.8 Å². The highest BCUT2D eigenvalue weighted by Gasteiger charge is 2.21. The number of carbonyl (C=O) groups is 1. The molecule has 1 aliphatic rings. The first-order valence-electron chi connectivity index (χ1n) is 11.1. The van der Waals surface area contributed by atoms with Crippen LogP contribution in [0.15, 0.2) is 36.7 Å². The second-order valence-electron chi connectivity index (χ2n) is 8.21. The van der Waals surface area contributed by atoms with Crippen LogP contribution in [0.4, 0.5) is 5.13 Å². The fraction of sp³-hybridized carbons (Fsp3) is 0.280. The van der Waals surface area contributed by atoms with Crippen molar-refractivity contribution < 1.29 is 14.3 Å². The lowest BCUT2D eigenvalue weighted by molar-refractivity contribution is 0.0793. The zero-order chi connectivity index (χ0) is 24.4. The van der Waals surface area contributed by atoms with Crippen LogP contribution in [0.5, 0.6) is 5.75 Å². The van der Waals surface area contributed by atoms with Gasteiger partial charge in [-0.15, -0.1) is 0 Å². The zero-order valence-corrected chi connectivity index (χ0v) is 20.1. The molecule has 1 unspecified atom stereocenters. The summed E-state index contributed by atoms with van der Waals surface area (Å²) < 4.78 is 11.1. The molecule has 1 atom stereocenters. The largest absolute Gasteiger partial charge is 0.496 e. The highest BCUT2D eigenvalue weighted by molar-refractivity contribution is 7.21. The predicted octanol–water partition coefficient (Wildman–Crippen LogP) is 4.48. The number of benzene rings is 1. The van der Waals surface area contributed by atoms with E-state index in [0.29, 0.717) is 50.2 Å². The molecule has 1 N–H and O–H groups in total. The lowest BCUT2D eigenvalue weighted by Crippen LogP contribution is -2.16. The van der Waals surface area contributed by atoms with Crippen molar-refractivity contribution in [2.75, 3.05) is 25.6 Å². The first-order valence-corrected chi connectivity index (χ1v) is 11.9. The van der Waals surface area contributed by atoms with Gasteiger partial charge in [-0.05, 0) is 44.0 Å². The molecule has 0 bridgehead atoms. The van der Waals surface area contributed by atoms with Gasteiger partial charge < -0.3 is 9.47 Å².